The molecule has 0 saturated heterocycles. The zero-order chi connectivity index (χ0) is 23.5. The summed E-state index contributed by atoms with van der Waals surface area (Å²) in [5, 5.41) is 17.5. The second-order valence-electron chi connectivity index (χ2n) is 6.66. The highest BCUT2D eigenvalue weighted by Crippen LogP contribution is 2.30. The first-order valence-corrected chi connectivity index (χ1v) is 9.24. The number of amides is 1. The van der Waals surface area contributed by atoms with Gasteiger partial charge in [-0.3, -0.25) is 25.0 Å². The van der Waals surface area contributed by atoms with E-state index in [1.54, 1.807) is 31.3 Å². The molecular weight excluding hydrogens is 427 g/mol. The van der Waals surface area contributed by atoms with E-state index in [-0.39, 0.29) is 11.7 Å². The number of hydrogen-bond donors (Lipinski definition) is 3. The van der Waals surface area contributed by atoms with Gasteiger partial charge in [0.15, 0.2) is 5.82 Å². The van der Waals surface area contributed by atoms with Gasteiger partial charge in [-0.25, -0.2) is 4.79 Å². The molecule has 3 rings (SSSR count). The summed E-state index contributed by atoms with van der Waals surface area (Å²) < 4.78 is 46.1. The molecule has 3 N–H and O–H groups in total. The number of ether oxygens (including phenoxy) is 1. The maximum Gasteiger partial charge on any atom is 0.433 e. The molecule has 0 aliphatic carbocycles. The molecule has 32 heavy (non-hydrogen) atoms. The van der Waals surface area contributed by atoms with Gasteiger partial charge >= 0.3 is 12.2 Å². The average Bonchev–Trinajstić information content (AvgIpc) is 3.30. The van der Waals surface area contributed by atoms with E-state index in [1.807, 2.05) is 0 Å². The van der Waals surface area contributed by atoms with Gasteiger partial charge in [-0.1, -0.05) is 0 Å². The van der Waals surface area contributed by atoms with Crippen LogP contribution in [0.2, 0.25) is 0 Å². The van der Waals surface area contributed by atoms with Gasteiger partial charge in [0, 0.05) is 37.3 Å². The predicted octanol–water partition coefficient (Wildman–Crippen LogP) is 3.63. The van der Waals surface area contributed by atoms with Crippen molar-refractivity contribution in [1.29, 1.82) is 5.41 Å². The Hall–Kier alpha value is -3.93. The van der Waals surface area contributed by atoms with Gasteiger partial charge < -0.3 is 10.1 Å². The maximum absolute atomic E-state index is 12.9. The quantitative estimate of drug-likeness (QED) is 0.396. The number of anilines is 1. The summed E-state index contributed by atoms with van der Waals surface area (Å²) >= 11 is 0. The van der Waals surface area contributed by atoms with E-state index in [4.69, 9.17) is 10.1 Å². The second kappa shape index (κ2) is 9.06. The lowest BCUT2D eigenvalue weighted by molar-refractivity contribution is -0.143. The van der Waals surface area contributed by atoms with Crippen molar-refractivity contribution in [2.45, 2.75) is 6.18 Å². The van der Waals surface area contributed by atoms with Crippen molar-refractivity contribution in [3.05, 3.63) is 54.0 Å². The van der Waals surface area contributed by atoms with Crippen LogP contribution in [0.1, 0.15) is 5.69 Å². The topological polar surface area (TPSA) is 109 Å². The molecule has 0 aliphatic rings. The minimum Gasteiger partial charge on any atom is -0.440 e. The van der Waals surface area contributed by atoms with Crippen LogP contribution in [-0.4, -0.2) is 46.6 Å². The number of halogens is 3. The van der Waals surface area contributed by atoms with Crippen molar-refractivity contribution in [2.75, 3.05) is 18.9 Å². The Kier molecular flexibility index (Phi) is 6.44. The number of carbonyl (C=O) groups excluding carboxylic acids is 1. The standard InChI is InChI=1S/C20H20F3N7O2/c1-25-11-13(26-2)9-17(24)32-14-4-5-15-12(8-14)6-7-30(15)19(31)27-18-10-16(20(21,22)23)29(3)28-18/h4-10,24-25H,2,11H2,1,3H3,(H,27,28,31). The molecular formula is C20H20F3N7O2. The van der Waals surface area contributed by atoms with E-state index >= 15 is 0 Å². The molecule has 1 aromatic carbocycles. The molecule has 0 atom stereocenters. The van der Waals surface area contributed by atoms with Gasteiger partial charge in [0.05, 0.1) is 11.2 Å². The monoisotopic (exact) mass is 447 g/mol. The van der Waals surface area contributed by atoms with Crippen LogP contribution >= 0.6 is 0 Å². The van der Waals surface area contributed by atoms with Crippen LogP contribution in [0, 0.1) is 5.41 Å². The number of carbonyl (C=O) groups is 1. The Bertz CT molecular complexity index is 1210. The second-order valence-corrected chi connectivity index (χ2v) is 6.66. The summed E-state index contributed by atoms with van der Waals surface area (Å²) in [5.41, 5.74) is 0.0464. The maximum atomic E-state index is 12.9. The molecule has 0 spiro atoms. The number of aryl methyl sites for hydroxylation is 1. The molecule has 0 radical (unpaired) electrons. The van der Waals surface area contributed by atoms with E-state index in [9.17, 15) is 18.0 Å². The number of fused-ring (bicyclic) bond motifs is 1. The molecule has 0 fully saturated rings. The van der Waals surface area contributed by atoms with Crippen molar-refractivity contribution < 1.29 is 22.7 Å². The lowest BCUT2D eigenvalue weighted by Crippen LogP contribution is -2.18. The SMILES string of the molecule is C=NC(=CC(=N)Oc1ccc2c(ccn2C(=O)Nc2cc(C(F)(F)F)n(C)n2)c1)CNC. The Morgan fingerprint density at radius 3 is 2.72 bits per heavy atom. The Morgan fingerprint density at radius 2 is 2.09 bits per heavy atom. The van der Waals surface area contributed by atoms with Crippen molar-refractivity contribution >= 4 is 35.4 Å². The number of nitrogens with zero attached hydrogens (tertiary/aromatic N) is 4. The number of likely N-dealkylation sites (N-methyl/N-ethyl adjacent to an activating group) is 1. The largest absolute Gasteiger partial charge is 0.440 e. The van der Waals surface area contributed by atoms with Crippen molar-refractivity contribution in [3.63, 3.8) is 0 Å². The van der Waals surface area contributed by atoms with Crippen LogP contribution in [0.5, 0.6) is 5.75 Å². The first-order valence-electron chi connectivity index (χ1n) is 9.24. The number of benzene rings is 1. The number of nitrogens with one attached hydrogen (secondary N) is 3. The third-order valence-corrected chi connectivity index (χ3v) is 4.37. The third-order valence-electron chi connectivity index (χ3n) is 4.37. The molecule has 0 unspecified atom stereocenters. The molecule has 0 aliphatic heterocycles. The van der Waals surface area contributed by atoms with E-state index in [0.29, 0.717) is 33.6 Å². The minimum atomic E-state index is -4.58. The summed E-state index contributed by atoms with van der Waals surface area (Å²) in [5.74, 6) is -0.000755. The van der Waals surface area contributed by atoms with Gasteiger partial charge in [-0.2, -0.15) is 18.3 Å². The Labute approximate surface area is 180 Å². The van der Waals surface area contributed by atoms with E-state index in [1.165, 1.54) is 16.8 Å². The number of hydrogen-bond acceptors (Lipinski definition) is 6. The molecule has 0 bridgehead atoms. The molecule has 0 saturated carbocycles. The fourth-order valence-electron chi connectivity index (χ4n) is 2.97. The fraction of sp³-hybridized carbons (Fsp3) is 0.200. The Morgan fingerprint density at radius 1 is 1.34 bits per heavy atom. The van der Waals surface area contributed by atoms with Gasteiger partial charge in [0.2, 0.25) is 5.90 Å². The van der Waals surface area contributed by atoms with Gasteiger partial charge in [-0.15, -0.1) is 0 Å². The van der Waals surface area contributed by atoms with Gasteiger partial charge in [0.25, 0.3) is 0 Å². The highest BCUT2D eigenvalue weighted by atomic mass is 19.4. The van der Waals surface area contributed by atoms with Crippen molar-refractivity contribution in [2.24, 2.45) is 12.0 Å². The Balaban J connectivity index is 1.77. The zero-order valence-electron chi connectivity index (χ0n) is 17.2. The molecule has 12 heteroatoms. The summed E-state index contributed by atoms with van der Waals surface area (Å²) in [4.78, 5) is 16.4. The van der Waals surface area contributed by atoms with Crippen molar-refractivity contribution in [3.8, 4) is 5.75 Å². The number of aromatic nitrogens is 3. The van der Waals surface area contributed by atoms with Crippen LogP contribution < -0.4 is 15.4 Å². The molecule has 2 aromatic heterocycles. The van der Waals surface area contributed by atoms with Gasteiger partial charge in [-0.05, 0) is 38.0 Å². The lowest BCUT2D eigenvalue weighted by atomic mass is 10.2. The molecule has 1 amide bonds. The van der Waals surface area contributed by atoms with Crippen LogP contribution in [0.15, 0.2) is 53.3 Å². The molecule has 3 aromatic rings. The van der Waals surface area contributed by atoms with Crippen LogP contribution in [0.25, 0.3) is 10.9 Å². The summed E-state index contributed by atoms with van der Waals surface area (Å²) in [6.07, 6.45) is -1.69. The smallest absolute Gasteiger partial charge is 0.433 e. The summed E-state index contributed by atoms with van der Waals surface area (Å²) in [7, 11) is 2.88. The normalized spacial score (nSPS) is 12.1. The minimum absolute atomic E-state index is 0.144. The van der Waals surface area contributed by atoms with Crippen molar-refractivity contribution in [1.82, 2.24) is 19.7 Å². The first kappa shape index (κ1) is 22.7. The number of alkyl halides is 3. The average molecular weight is 447 g/mol. The fourth-order valence-corrected chi connectivity index (χ4v) is 2.97. The lowest BCUT2D eigenvalue weighted by Gasteiger charge is -2.07. The van der Waals surface area contributed by atoms with E-state index in [0.717, 1.165) is 13.1 Å². The highest BCUT2D eigenvalue weighted by molar-refractivity contribution is 5.98. The number of rotatable bonds is 6. The van der Waals surface area contributed by atoms with Gasteiger partial charge in [0.1, 0.15) is 11.4 Å². The van der Waals surface area contributed by atoms with Crippen LogP contribution in [0.3, 0.4) is 0 Å². The van der Waals surface area contributed by atoms with E-state index < -0.39 is 17.9 Å². The molecule has 168 valence electrons. The van der Waals surface area contributed by atoms with Crippen LogP contribution in [-0.2, 0) is 13.2 Å². The summed E-state index contributed by atoms with van der Waals surface area (Å²) in [6, 6.07) is 6.51. The molecule has 9 nitrogen and oxygen atoms in total. The first-order chi connectivity index (χ1) is 15.1. The zero-order valence-corrected chi connectivity index (χ0v) is 17.2. The summed E-state index contributed by atoms with van der Waals surface area (Å²) in [6.45, 7) is 3.86. The third kappa shape index (κ3) is 5.03. The predicted molar refractivity (Wildman–Crippen MR) is 114 cm³/mol. The van der Waals surface area contributed by atoms with Crippen LogP contribution in [0.4, 0.5) is 23.8 Å². The molecule has 2 heterocycles. The van der Waals surface area contributed by atoms with E-state index in [2.05, 4.69) is 27.4 Å². The number of aliphatic imine (C=N–C) groups is 1. The highest BCUT2D eigenvalue weighted by Gasteiger charge is 2.35.